The van der Waals surface area contributed by atoms with Crippen LogP contribution in [-0.2, 0) is 6.16 Å². The third-order valence-electron chi connectivity index (χ3n) is 5.29. The van der Waals surface area contributed by atoms with Gasteiger partial charge in [0, 0.05) is 27.9 Å². The van der Waals surface area contributed by atoms with Crippen molar-refractivity contribution in [3.63, 3.8) is 0 Å². The Morgan fingerprint density at radius 2 is 0.719 bits per heavy atom. The molecule has 0 saturated heterocycles. The topological polar surface area (TPSA) is 0 Å². The summed E-state index contributed by atoms with van der Waals surface area (Å²) in [4.78, 5) is 0. The summed E-state index contributed by atoms with van der Waals surface area (Å²) >= 11 is 19.0. The van der Waals surface area contributed by atoms with Gasteiger partial charge in [0.15, 0.2) is 0 Å². The van der Waals surface area contributed by atoms with Gasteiger partial charge in [-0.25, -0.2) is 0 Å². The van der Waals surface area contributed by atoms with Gasteiger partial charge in [-0.2, -0.15) is 0 Å². The van der Waals surface area contributed by atoms with Crippen molar-refractivity contribution < 1.29 is 17.0 Å². The Labute approximate surface area is 242 Å². The molecule has 0 unspecified atom stereocenters. The molecule has 0 aliphatic heterocycles. The fourth-order valence-corrected chi connectivity index (χ4v) is 11.9. The molecule has 0 N–H and O–H groups in total. The van der Waals surface area contributed by atoms with Crippen LogP contribution in [0.4, 0.5) is 0 Å². The van der Waals surface area contributed by atoms with Crippen molar-refractivity contribution in [1.82, 2.24) is 0 Å². The molecule has 0 fully saturated rings. The lowest BCUT2D eigenvalue weighted by Gasteiger charge is -2.29. The molecule has 0 bridgehead atoms. The Morgan fingerprint density at radius 1 is 0.438 bits per heavy atom. The average Bonchev–Trinajstić information content (AvgIpc) is 2.83. The van der Waals surface area contributed by atoms with Crippen LogP contribution in [-0.4, -0.2) is 0 Å². The molecule has 0 spiro atoms. The highest BCUT2D eigenvalue weighted by Gasteiger charge is 2.46. The first-order valence-electron chi connectivity index (χ1n) is 9.52. The van der Waals surface area contributed by atoms with E-state index in [2.05, 4.69) is 171 Å². The smallest absolute Gasteiger partial charge is 0.116 e. The monoisotopic (exact) mass is 822 g/mol. The van der Waals surface area contributed by atoms with Crippen molar-refractivity contribution in [3.05, 3.63) is 119 Å². The van der Waals surface area contributed by atoms with Crippen LogP contribution in [0.3, 0.4) is 0 Å². The van der Waals surface area contributed by atoms with Gasteiger partial charge in [0.05, 0.1) is 0 Å². The molecule has 4 aromatic rings. The summed E-state index contributed by atoms with van der Waals surface area (Å²) in [6, 6.07) is 32.8. The summed E-state index contributed by atoms with van der Waals surface area (Å²) in [5.74, 6) is 0. The van der Waals surface area contributed by atoms with E-state index in [0.717, 1.165) is 28.5 Å². The van der Waals surface area contributed by atoms with E-state index in [1.807, 2.05) is 0 Å². The highest BCUT2D eigenvalue weighted by atomic mass is 79.9. The van der Waals surface area contributed by atoms with E-state index in [9.17, 15) is 0 Å². The Kier molecular flexibility index (Phi) is 9.84. The molecule has 0 atom stereocenters. The third-order valence-corrected chi connectivity index (χ3v) is 15.9. The second-order valence-electron chi connectivity index (χ2n) is 7.02. The zero-order chi connectivity index (χ0) is 22.0. The molecule has 4 rings (SSSR count). The first-order valence-corrected chi connectivity index (χ1v) is 15.5. The van der Waals surface area contributed by atoms with Crippen molar-refractivity contribution in [1.29, 1.82) is 0 Å². The van der Waals surface area contributed by atoms with E-state index >= 15 is 0 Å². The van der Waals surface area contributed by atoms with Gasteiger partial charge >= 0.3 is 0 Å². The van der Waals surface area contributed by atoms with E-state index in [1.165, 1.54) is 21.5 Å². The average molecular weight is 828 g/mol. The second-order valence-corrected chi connectivity index (χ2v) is 14.5. The zero-order valence-corrected chi connectivity index (χ0v) is 27.0. The maximum absolute atomic E-state index is 3.88. The fourth-order valence-electron chi connectivity index (χ4n) is 3.79. The lowest BCUT2D eigenvalue weighted by molar-refractivity contribution is -0.00000541. The maximum atomic E-state index is 3.88. The van der Waals surface area contributed by atoms with Crippen LogP contribution in [0.2, 0.25) is 0 Å². The van der Waals surface area contributed by atoms with Crippen LogP contribution in [0.5, 0.6) is 0 Å². The Hall–Kier alpha value is 0.190. The molecule has 7 heteroatoms. The lowest BCUT2D eigenvalue weighted by atomic mass is 10.2. The minimum Gasteiger partial charge on any atom is -1.00 e. The molecule has 0 heterocycles. The maximum Gasteiger partial charge on any atom is 0.116 e. The molecular weight excluding hydrogens is 811 g/mol. The number of halogens is 6. The van der Waals surface area contributed by atoms with E-state index in [1.54, 1.807) is 0 Å². The lowest BCUT2D eigenvalue weighted by Crippen LogP contribution is -3.00. The van der Waals surface area contributed by atoms with Crippen LogP contribution < -0.4 is 32.9 Å². The summed E-state index contributed by atoms with van der Waals surface area (Å²) in [5.41, 5.74) is 1.23. The van der Waals surface area contributed by atoms with Gasteiger partial charge in [-0.3, -0.25) is 0 Å². The minimum atomic E-state index is -2.00. The number of hydrogen-bond acceptors (Lipinski definition) is 0. The fraction of sp³-hybridized carbons (Fsp3) is 0.0400. The summed E-state index contributed by atoms with van der Waals surface area (Å²) < 4.78 is 5.11. The van der Waals surface area contributed by atoms with Crippen molar-refractivity contribution in [3.8, 4) is 0 Å². The predicted octanol–water partition coefficient (Wildman–Crippen LogP) is 6.00. The Balaban J connectivity index is 0.00000289. The van der Waals surface area contributed by atoms with Gasteiger partial charge in [0.25, 0.3) is 0 Å². The molecule has 32 heavy (non-hydrogen) atoms. The first kappa shape index (κ1) is 26.8. The first-order chi connectivity index (χ1) is 15.0. The van der Waals surface area contributed by atoms with E-state index in [-0.39, 0.29) is 17.0 Å². The van der Waals surface area contributed by atoms with Crippen LogP contribution >= 0.6 is 86.9 Å². The highest BCUT2D eigenvalue weighted by molar-refractivity contribution is 9.15. The SMILES string of the molecule is Brc1c(Br)c(Br)c(C[P+](c2ccccc2)(c2ccccc2)c2ccccc2)c(Br)c1Br.[Br-]. The van der Waals surface area contributed by atoms with Crippen LogP contribution in [0, 0.1) is 0 Å². The Morgan fingerprint density at radius 3 is 1.03 bits per heavy atom. The summed E-state index contributed by atoms with van der Waals surface area (Å²) in [6.07, 6.45) is 0.872. The molecule has 0 nitrogen and oxygen atoms in total. The van der Waals surface area contributed by atoms with Crippen LogP contribution in [0.15, 0.2) is 113 Å². The standard InChI is InChI=1S/C25H17Br5P.BrH/c26-21-20(22(27)24(29)25(30)23(21)28)16-31(17-10-4-1-5-11-17,18-12-6-2-7-13-18)19-14-8-3-9-15-19;/h1-15H,16H2;1H/q+1;/p-1. The molecule has 0 amide bonds. The summed E-state index contributed by atoms with van der Waals surface area (Å²) in [5, 5.41) is 4.09. The van der Waals surface area contributed by atoms with Gasteiger partial charge in [0.1, 0.15) is 29.3 Å². The number of rotatable bonds is 5. The summed E-state index contributed by atoms with van der Waals surface area (Å²) in [6.45, 7) is 0. The van der Waals surface area contributed by atoms with Gasteiger partial charge in [-0.1, -0.05) is 54.6 Å². The van der Waals surface area contributed by atoms with E-state index < -0.39 is 7.26 Å². The normalized spacial score (nSPS) is 11.2. The highest BCUT2D eigenvalue weighted by Crippen LogP contribution is 2.60. The van der Waals surface area contributed by atoms with Crippen molar-refractivity contribution in [2.24, 2.45) is 0 Å². The molecular formula is C25H17Br6P. The van der Waals surface area contributed by atoms with Crippen LogP contribution in [0.1, 0.15) is 5.56 Å². The molecule has 0 radical (unpaired) electrons. The number of benzene rings is 4. The number of hydrogen-bond donors (Lipinski definition) is 0. The molecule has 0 aliphatic rings. The van der Waals surface area contributed by atoms with Gasteiger partial charge < -0.3 is 17.0 Å². The molecule has 0 aliphatic carbocycles. The zero-order valence-electron chi connectivity index (χ0n) is 16.6. The van der Waals surface area contributed by atoms with Crippen LogP contribution in [0.25, 0.3) is 0 Å². The Bertz CT molecular complexity index is 1070. The largest absolute Gasteiger partial charge is 1.00 e. The van der Waals surface area contributed by atoms with E-state index in [4.69, 9.17) is 0 Å². The molecule has 0 aromatic heterocycles. The van der Waals surface area contributed by atoms with Crippen molar-refractivity contribution in [2.45, 2.75) is 6.16 Å². The van der Waals surface area contributed by atoms with Crippen molar-refractivity contribution >= 4 is 103 Å². The molecule has 4 aromatic carbocycles. The quantitative estimate of drug-likeness (QED) is 0.132. The van der Waals surface area contributed by atoms with Gasteiger partial charge in [0.2, 0.25) is 0 Å². The van der Waals surface area contributed by atoms with Gasteiger partial charge in [-0.15, -0.1) is 0 Å². The third kappa shape index (κ3) is 5.08. The molecule has 0 saturated carbocycles. The van der Waals surface area contributed by atoms with Crippen molar-refractivity contribution in [2.75, 3.05) is 0 Å². The summed E-state index contributed by atoms with van der Waals surface area (Å²) in [7, 11) is -2.00. The molecule has 164 valence electrons. The van der Waals surface area contributed by atoms with E-state index in [0.29, 0.717) is 0 Å². The predicted molar refractivity (Wildman–Crippen MR) is 154 cm³/mol. The minimum absolute atomic E-state index is 0. The van der Waals surface area contributed by atoms with Gasteiger partial charge in [-0.05, 0) is 116 Å². The second kappa shape index (κ2) is 11.7.